The van der Waals surface area contributed by atoms with Crippen molar-refractivity contribution in [3.05, 3.63) is 12.2 Å². The fraction of sp³-hybridized carbons (Fsp3) is 0.812. The molecule has 1 aliphatic carbocycles. The Morgan fingerprint density at radius 2 is 1.58 bits per heavy atom. The van der Waals surface area contributed by atoms with Gasteiger partial charge in [0.25, 0.3) is 0 Å². The van der Waals surface area contributed by atoms with Gasteiger partial charge in [0.15, 0.2) is 5.60 Å². The lowest BCUT2D eigenvalue weighted by molar-refractivity contribution is -0.295. The van der Waals surface area contributed by atoms with Crippen molar-refractivity contribution in [1.82, 2.24) is 0 Å². The molecule has 0 aliphatic heterocycles. The first-order chi connectivity index (χ1) is 10.6. The van der Waals surface area contributed by atoms with Crippen molar-refractivity contribution in [1.29, 1.82) is 0 Å². The minimum Gasteiger partial charge on any atom is -0.459 e. The van der Waals surface area contributed by atoms with Crippen LogP contribution in [-0.4, -0.2) is 50.9 Å². The molecule has 1 rings (SSSR count). The summed E-state index contributed by atoms with van der Waals surface area (Å²) >= 11 is 0. The molecular formula is C16H25F3O5. The fourth-order valence-corrected chi connectivity index (χ4v) is 3.05. The molecule has 0 saturated heterocycles. The molecule has 0 heterocycles. The van der Waals surface area contributed by atoms with Crippen LogP contribution in [0.5, 0.6) is 0 Å². The largest absolute Gasteiger partial charge is 0.459 e. The third-order valence-corrected chi connectivity index (χ3v) is 4.68. The predicted molar refractivity (Wildman–Crippen MR) is 79.9 cm³/mol. The Morgan fingerprint density at radius 1 is 1.12 bits per heavy atom. The van der Waals surface area contributed by atoms with Crippen LogP contribution < -0.4 is 0 Å². The molecule has 1 fully saturated rings. The van der Waals surface area contributed by atoms with Crippen molar-refractivity contribution < 1.29 is 38.0 Å². The number of esters is 1. The summed E-state index contributed by atoms with van der Waals surface area (Å²) in [5, 5.41) is 30.5. The van der Waals surface area contributed by atoms with Crippen molar-refractivity contribution in [3.8, 4) is 0 Å². The van der Waals surface area contributed by atoms with E-state index in [0.717, 1.165) is 0 Å². The lowest BCUT2D eigenvalue weighted by Crippen LogP contribution is -2.60. The Hall–Kier alpha value is -1.12. The van der Waals surface area contributed by atoms with Gasteiger partial charge in [-0.2, -0.15) is 13.2 Å². The number of hydrogen-bond acceptors (Lipinski definition) is 5. The van der Waals surface area contributed by atoms with Crippen LogP contribution in [0.15, 0.2) is 12.2 Å². The van der Waals surface area contributed by atoms with Gasteiger partial charge in [-0.05, 0) is 40.5 Å². The summed E-state index contributed by atoms with van der Waals surface area (Å²) in [6.07, 6.45) is -7.97. The number of hydrogen-bond donors (Lipinski definition) is 3. The maximum absolute atomic E-state index is 13.2. The van der Waals surface area contributed by atoms with Crippen molar-refractivity contribution in [2.75, 3.05) is 0 Å². The molecule has 5 nitrogen and oxygen atoms in total. The first kappa shape index (κ1) is 20.9. The molecule has 0 amide bonds. The summed E-state index contributed by atoms with van der Waals surface area (Å²) in [4.78, 5) is 11.7. The van der Waals surface area contributed by atoms with Crippen molar-refractivity contribution >= 4 is 5.97 Å². The molecule has 24 heavy (non-hydrogen) atoms. The molecule has 0 aromatic rings. The summed E-state index contributed by atoms with van der Waals surface area (Å²) in [5.41, 5.74) is -4.63. The van der Waals surface area contributed by atoms with Gasteiger partial charge in [0.05, 0.1) is 11.7 Å². The average molecular weight is 354 g/mol. The van der Waals surface area contributed by atoms with Gasteiger partial charge in [-0.15, -0.1) is 0 Å². The average Bonchev–Trinajstić information content (AvgIpc) is 2.37. The fourth-order valence-electron chi connectivity index (χ4n) is 3.05. The highest BCUT2D eigenvalue weighted by molar-refractivity contribution is 5.87. The van der Waals surface area contributed by atoms with Crippen LogP contribution in [0.4, 0.5) is 13.2 Å². The smallest absolute Gasteiger partial charge is 0.417 e. The number of alkyl halides is 3. The third kappa shape index (κ3) is 4.29. The first-order valence-corrected chi connectivity index (χ1v) is 7.65. The van der Waals surface area contributed by atoms with Crippen LogP contribution in [0.25, 0.3) is 0 Å². The summed E-state index contributed by atoms with van der Waals surface area (Å²) < 4.78 is 44.7. The number of aliphatic hydroxyl groups is 3. The highest BCUT2D eigenvalue weighted by atomic mass is 19.4. The van der Waals surface area contributed by atoms with Gasteiger partial charge >= 0.3 is 12.1 Å². The Labute approximate surface area is 139 Å². The minimum absolute atomic E-state index is 0.0197. The number of ether oxygens (including phenoxy) is 1. The first-order valence-electron chi connectivity index (χ1n) is 7.65. The number of carbonyl (C=O) groups excluding carboxylic acids is 1. The molecule has 140 valence electrons. The van der Waals surface area contributed by atoms with E-state index < -0.39 is 47.4 Å². The van der Waals surface area contributed by atoms with Gasteiger partial charge < -0.3 is 20.1 Å². The monoisotopic (exact) mass is 354 g/mol. The Bertz CT molecular complexity index is 493. The Balaban J connectivity index is 3.18. The van der Waals surface area contributed by atoms with E-state index in [0.29, 0.717) is 6.92 Å². The summed E-state index contributed by atoms with van der Waals surface area (Å²) in [6.45, 7) is 8.08. The molecule has 1 saturated carbocycles. The van der Waals surface area contributed by atoms with Crippen molar-refractivity contribution in [3.63, 3.8) is 0 Å². The van der Waals surface area contributed by atoms with Crippen LogP contribution in [-0.2, 0) is 9.53 Å². The standard InChI is InChI=1S/C16H25F3O5/c1-8(2)13(21)24-9-6-10(14(3,4)22)12(20)11(7-9)15(5,23)16(17,18)19/h9-12,20,22-23H,1,6-7H2,2-5H3. The summed E-state index contributed by atoms with van der Waals surface area (Å²) in [5.74, 6) is -3.42. The van der Waals surface area contributed by atoms with E-state index in [-0.39, 0.29) is 18.4 Å². The van der Waals surface area contributed by atoms with Gasteiger partial charge in [-0.1, -0.05) is 6.58 Å². The number of halogens is 3. The Kier molecular flexibility index (Phi) is 5.80. The molecule has 5 atom stereocenters. The summed E-state index contributed by atoms with van der Waals surface area (Å²) in [6, 6.07) is 0. The van der Waals surface area contributed by atoms with Crippen molar-refractivity contribution in [2.45, 2.75) is 70.1 Å². The number of carbonyl (C=O) groups is 1. The lowest BCUT2D eigenvalue weighted by atomic mass is 9.65. The van der Waals surface area contributed by atoms with E-state index in [9.17, 15) is 33.3 Å². The van der Waals surface area contributed by atoms with E-state index in [1.165, 1.54) is 20.8 Å². The van der Waals surface area contributed by atoms with Gasteiger partial charge in [0.2, 0.25) is 0 Å². The predicted octanol–water partition coefficient (Wildman–Crippen LogP) is 1.95. The van der Waals surface area contributed by atoms with E-state index in [4.69, 9.17) is 4.74 Å². The van der Waals surface area contributed by atoms with Gasteiger partial charge in [0, 0.05) is 17.4 Å². The minimum atomic E-state index is -4.98. The Morgan fingerprint density at radius 3 is 1.96 bits per heavy atom. The highest BCUT2D eigenvalue weighted by Crippen LogP contribution is 2.47. The quantitative estimate of drug-likeness (QED) is 0.531. The van der Waals surface area contributed by atoms with Gasteiger partial charge in [0.1, 0.15) is 6.10 Å². The van der Waals surface area contributed by atoms with Crippen LogP contribution in [0, 0.1) is 11.8 Å². The van der Waals surface area contributed by atoms with Crippen LogP contribution >= 0.6 is 0 Å². The zero-order valence-corrected chi connectivity index (χ0v) is 14.2. The van der Waals surface area contributed by atoms with E-state index in [2.05, 4.69) is 6.58 Å². The van der Waals surface area contributed by atoms with Crippen LogP contribution in [0.3, 0.4) is 0 Å². The SMILES string of the molecule is C=C(C)C(=O)OC1CC(C(C)(C)O)C(O)C(C(C)(O)C(F)(F)F)C1. The van der Waals surface area contributed by atoms with Gasteiger partial charge in [-0.3, -0.25) is 0 Å². The molecule has 0 aromatic heterocycles. The molecule has 3 N–H and O–H groups in total. The second-order valence-corrected chi connectivity index (χ2v) is 7.28. The molecule has 0 bridgehead atoms. The molecular weight excluding hydrogens is 329 g/mol. The molecule has 1 aliphatic rings. The summed E-state index contributed by atoms with van der Waals surface area (Å²) in [7, 11) is 0. The number of rotatable bonds is 4. The van der Waals surface area contributed by atoms with Crippen molar-refractivity contribution in [2.24, 2.45) is 11.8 Å². The highest BCUT2D eigenvalue weighted by Gasteiger charge is 2.60. The van der Waals surface area contributed by atoms with Crippen LogP contribution in [0.2, 0.25) is 0 Å². The van der Waals surface area contributed by atoms with Crippen LogP contribution in [0.1, 0.15) is 40.5 Å². The second-order valence-electron chi connectivity index (χ2n) is 7.28. The lowest BCUT2D eigenvalue weighted by Gasteiger charge is -2.48. The zero-order valence-electron chi connectivity index (χ0n) is 14.2. The maximum Gasteiger partial charge on any atom is 0.417 e. The second kappa shape index (κ2) is 6.65. The van der Waals surface area contributed by atoms with Gasteiger partial charge in [-0.25, -0.2) is 4.79 Å². The molecule has 5 unspecified atom stereocenters. The number of aliphatic hydroxyl groups excluding tert-OH is 1. The third-order valence-electron chi connectivity index (χ3n) is 4.68. The van der Waals surface area contributed by atoms with E-state index in [1.54, 1.807) is 0 Å². The molecule has 0 spiro atoms. The topological polar surface area (TPSA) is 87.0 Å². The normalized spacial score (nSPS) is 31.2. The zero-order chi connectivity index (χ0) is 19.1. The molecule has 8 heteroatoms. The molecule has 0 aromatic carbocycles. The molecule has 0 radical (unpaired) electrons. The van der Waals surface area contributed by atoms with E-state index in [1.807, 2.05) is 0 Å². The van der Waals surface area contributed by atoms with E-state index >= 15 is 0 Å². The maximum atomic E-state index is 13.2.